The molecule has 0 bridgehead atoms. The first kappa shape index (κ1) is 8.04. The highest BCUT2D eigenvalue weighted by Gasteiger charge is 2.51. The number of hydrogen-bond donors (Lipinski definition) is 2. The van der Waals surface area contributed by atoms with Gasteiger partial charge in [0.05, 0.1) is 5.41 Å². The molecule has 0 spiro atoms. The SMILES string of the molecule is CNC(=O)CC1(C(=O)O)CC1. The number of carbonyl (C=O) groups excluding carboxylic acids is 1. The summed E-state index contributed by atoms with van der Waals surface area (Å²) in [6, 6.07) is 0. The molecular formula is C7H11NO3. The van der Waals surface area contributed by atoms with E-state index >= 15 is 0 Å². The number of rotatable bonds is 3. The molecule has 0 aromatic carbocycles. The summed E-state index contributed by atoms with van der Waals surface area (Å²) in [7, 11) is 1.51. The van der Waals surface area contributed by atoms with Crippen molar-refractivity contribution in [2.24, 2.45) is 5.41 Å². The van der Waals surface area contributed by atoms with Crippen LogP contribution in [0.4, 0.5) is 0 Å². The first-order valence-corrected chi connectivity index (χ1v) is 3.55. The third-order valence-electron chi connectivity index (χ3n) is 2.09. The van der Waals surface area contributed by atoms with Crippen LogP contribution in [0.15, 0.2) is 0 Å². The lowest BCUT2D eigenvalue weighted by atomic mass is 10.0. The number of hydrogen-bond acceptors (Lipinski definition) is 2. The third kappa shape index (κ3) is 1.50. The molecule has 1 fully saturated rings. The lowest BCUT2D eigenvalue weighted by Crippen LogP contribution is -2.26. The summed E-state index contributed by atoms with van der Waals surface area (Å²) >= 11 is 0. The van der Waals surface area contributed by atoms with Crippen molar-refractivity contribution in [3.8, 4) is 0 Å². The average Bonchev–Trinajstić information content (AvgIpc) is 2.69. The molecule has 11 heavy (non-hydrogen) atoms. The molecule has 0 atom stereocenters. The van der Waals surface area contributed by atoms with Crippen molar-refractivity contribution in [3.05, 3.63) is 0 Å². The van der Waals surface area contributed by atoms with Gasteiger partial charge in [-0.05, 0) is 12.8 Å². The normalized spacial score (nSPS) is 19.0. The largest absolute Gasteiger partial charge is 0.481 e. The van der Waals surface area contributed by atoms with E-state index in [4.69, 9.17) is 5.11 Å². The highest BCUT2D eigenvalue weighted by Crippen LogP contribution is 2.48. The molecule has 0 aliphatic heterocycles. The van der Waals surface area contributed by atoms with E-state index in [-0.39, 0.29) is 12.3 Å². The zero-order valence-electron chi connectivity index (χ0n) is 6.39. The zero-order valence-corrected chi connectivity index (χ0v) is 6.39. The summed E-state index contributed by atoms with van der Waals surface area (Å²) in [5, 5.41) is 11.1. The molecule has 0 radical (unpaired) electrons. The Bertz CT molecular complexity index is 196. The predicted molar refractivity (Wildman–Crippen MR) is 38.0 cm³/mol. The summed E-state index contributed by atoms with van der Waals surface area (Å²) in [5.74, 6) is -1.04. The van der Waals surface area contributed by atoms with Crippen LogP contribution in [0.25, 0.3) is 0 Å². The second-order valence-corrected chi connectivity index (χ2v) is 2.94. The van der Waals surface area contributed by atoms with E-state index < -0.39 is 11.4 Å². The highest BCUT2D eigenvalue weighted by molar-refractivity contribution is 5.86. The Morgan fingerprint density at radius 1 is 1.55 bits per heavy atom. The average molecular weight is 157 g/mol. The van der Waals surface area contributed by atoms with Crippen molar-refractivity contribution in [3.63, 3.8) is 0 Å². The summed E-state index contributed by atoms with van der Waals surface area (Å²) in [5.41, 5.74) is -0.722. The molecule has 4 heteroatoms. The van der Waals surface area contributed by atoms with Gasteiger partial charge in [-0.1, -0.05) is 0 Å². The molecular weight excluding hydrogens is 146 g/mol. The Labute approximate surface area is 64.6 Å². The van der Waals surface area contributed by atoms with Crippen molar-refractivity contribution in [2.75, 3.05) is 7.05 Å². The van der Waals surface area contributed by atoms with Gasteiger partial charge in [-0.15, -0.1) is 0 Å². The van der Waals surface area contributed by atoms with Crippen molar-refractivity contribution in [2.45, 2.75) is 19.3 Å². The molecule has 0 aromatic heterocycles. The van der Waals surface area contributed by atoms with Gasteiger partial charge in [0.25, 0.3) is 0 Å². The van der Waals surface area contributed by atoms with Crippen LogP contribution in [-0.4, -0.2) is 24.0 Å². The fourth-order valence-electron chi connectivity index (χ4n) is 1.01. The minimum atomic E-state index is -0.846. The first-order valence-electron chi connectivity index (χ1n) is 3.55. The second-order valence-electron chi connectivity index (χ2n) is 2.94. The van der Waals surface area contributed by atoms with E-state index in [9.17, 15) is 9.59 Å². The van der Waals surface area contributed by atoms with Crippen LogP contribution >= 0.6 is 0 Å². The van der Waals surface area contributed by atoms with Crippen LogP contribution in [0, 0.1) is 5.41 Å². The van der Waals surface area contributed by atoms with Gasteiger partial charge in [-0.3, -0.25) is 9.59 Å². The molecule has 0 saturated heterocycles. The maximum absolute atomic E-state index is 10.8. The maximum atomic E-state index is 10.8. The fourth-order valence-corrected chi connectivity index (χ4v) is 1.01. The van der Waals surface area contributed by atoms with Gasteiger partial charge >= 0.3 is 5.97 Å². The number of nitrogens with one attached hydrogen (secondary N) is 1. The Kier molecular flexibility index (Phi) is 1.85. The van der Waals surface area contributed by atoms with Gasteiger partial charge in [0, 0.05) is 13.5 Å². The number of carbonyl (C=O) groups is 2. The van der Waals surface area contributed by atoms with Crippen molar-refractivity contribution in [1.29, 1.82) is 0 Å². The smallest absolute Gasteiger partial charge is 0.310 e. The molecule has 0 heterocycles. The molecule has 1 rings (SSSR count). The Balaban J connectivity index is 2.48. The van der Waals surface area contributed by atoms with E-state index in [0.29, 0.717) is 12.8 Å². The summed E-state index contributed by atoms with van der Waals surface area (Å²) in [4.78, 5) is 21.4. The second kappa shape index (κ2) is 2.53. The summed E-state index contributed by atoms with van der Waals surface area (Å²) in [6.45, 7) is 0. The maximum Gasteiger partial charge on any atom is 0.310 e. The number of carboxylic acid groups (broad SMARTS) is 1. The van der Waals surface area contributed by atoms with Gasteiger partial charge in [-0.2, -0.15) is 0 Å². The summed E-state index contributed by atoms with van der Waals surface area (Å²) < 4.78 is 0. The first-order chi connectivity index (χ1) is 5.10. The van der Waals surface area contributed by atoms with Crippen LogP contribution in [0.3, 0.4) is 0 Å². The molecule has 1 aliphatic rings. The van der Waals surface area contributed by atoms with Crippen molar-refractivity contribution < 1.29 is 14.7 Å². The molecule has 1 saturated carbocycles. The summed E-state index contributed by atoms with van der Waals surface area (Å²) in [6.07, 6.45) is 1.39. The van der Waals surface area contributed by atoms with E-state index in [1.54, 1.807) is 0 Å². The Morgan fingerprint density at radius 2 is 2.09 bits per heavy atom. The third-order valence-corrected chi connectivity index (χ3v) is 2.09. The van der Waals surface area contributed by atoms with Gasteiger partial charge in [-0.25, -0.2) is 0 Å². The fraction of sp³-hybridized carbons (Fsp3) is 0.714. The molecule has 0 unspecified atom stereocenters. The lowest BCUT2D eigenvalue weighted by molar-refractivity contribution is -0.145. The molecule has 62 valence electrons. The molecule has 2 N–H and O–H groups in total. The van der Waals surface area contributed by atoms with Crippen LogP contribution < -0.4 is 5.32 Å². The van der Waals surface area contributed by atoms with E-state index in [1.165, 1.54) is 7.05 Å². The van der Waals surface area contributed by atoms with Crippen molar-refractivity contribution in [1.82, 2.24) is 5.32 Å². The van der Waals surface area contributed by atoms with E-state index in [2.05, 4.69) is 5.32 Å². The van der Waals surface area contributed by atoms with Crippen LogP contribution in [0.5, 0.6) is 0 Å². The Hall–Kier alpha value is -1.06. The monoisotopic (exact) mass is 157 g/mol. The van der Waals surface area contributed by atoms with E-state index in [1.807, 2.05) is 0 Å². The standard InChI is InChI=1S/C7H11NO3/c1-8-5(9)4-7(2-3-7)6(10)11/h2-4H2,1H3,(H,8,9)(H,10,11). The number of aliphatic carboxylic acids is 1. The van der Waals surface area contributed by atoms with Gasteiger partial charge < -0.3 is 10.4 Å². The van der Waals surface area contributed by atoms with Gasteiger partial charge in [0.15, 0.2) is 0 Å². The molecule has 4 nitrogen and oxygen atoms in total. The van der Waals surface area contributed by atoms with Crippen molar-refractivity contribution >= 4 is 11.9 Å². The van der Waals surface area contributed by atoms with Crippen LogP contribution in [-0.2, 0) is 9.59 Å². The quantitative estimate of drug-likeness (QED) is 0.605. The highest BCUT2D eigenvalue weighted by atomic mass is 16.4. The molecule has 1 amide bonds. The Morgan fingerprint density at radius 3 is 2.36 bits per heavy atom. The minimum absolute atomic E-state index is 0.124. The molecule has 1 aliphatic carbocycles. The molecule has 0 aromatic rings. The van der Waals surface area contributed by atoms with Gasteiger partial charge in [0.2, 0.25) is 5.91 Å². The zero-order chi connectivity index (χ0) is 8.48. The van der Waals surface area contributed by atoms with Crippen LogP contribution in [0.2, 0.25) is 0 Å². The van der Waals surface area contributed by atoms with Crippen LogP contribution in [0.1, 0.15) is 19.3 Å². The predicted octanol–water partition coefficient (Wildman–Crippen LogP) is -0.0127. The number of amides is 1. The lowest BCUT2D eigenvalue weighted by Gasteiger charge is -2.06. The number of carboxylic acids is 1. The van der Waals surface area contributed by atoms with Gasteiger partial charge in [0.1, 0.15) is 0 Å². The minimum Gasteiger partial charge on any atom is -0.481 e. The topological polar surface area (TPSA) is 66.4 Å². The van der Waals surface area contributed by atoms with E-state index in [0.717, 1.165) is 0 Å².